The Bertz CT molecular complexity index is 410. The largest absolute Gasteiger partial charge is 0.399 e. The maximum absolute atomic E-state index is 12.0. The Kier molecular flexibility index (Phi) is 5.69. The van der Waals surface area contributed by atoms with Crippen LogP contribution in [0.15, 0.2) is 24.3 Å². The minimum absolute atomic E-state index is 0.0516. The number of rotatable bonds is 6. The highest BCUT2D eigenvalue weighted by Crippen LogP contribution is 2.19. The van der Waals surface area contributed by atoms with Crippen molar-refractivity contribution in [3.63, 3.8) is 0 Å². The van der Waals surface area contributed by atoms with Gasteiger partial charge in [-0.25, -0.2) is 8.78 Å². The van der Waals surface area contributed by atoms with E-state index in [2.05, 4.69) is 5.32 Å². The van der Waals surface area contributed by atoms with Crippen molar-refractivity contribution in [2.45, 2.75) is 31.8 Å². The molecule has 6 heteroatoms. The van der Waals surface area contributed by atoms with E-state index in [-0.39, 0.29) is 18.2 Å². The van der Waals surface area contributed by atoms with E-state index < -0.39 is 19.1 Å². The molecule has 0 radical (unpaired) electrons. The molecule has 2 unspecified atom stereocenters. The third-order valence-electron chi connectivity index (χ3n) is 2.80. The number of alkyl halides is 2. The summed E-state index contributed by atoms with van der Waals surface area (Å²) in [7, 11) is 0. The van der Waals surface area contributed by atoms with E-state index in [4.69, 9.17) is 10.8 Å². The van der Waals surface area contributed by atoms with Crippen LogP contribution in [-0.2, 0) is 4.79 Å². The molecule has 0 spiro atoms. The normalized spacial score (nSPS) is 14.2. The van der Waals surface area contributed by atoms with Gasteiger partial charge >= 0.3 is 0 Å². The third-order valence-corrected chi connectivity index (χ3v) is 2.80. The first-order valence-corrected chi connectivity index (χ1v) is 5.98. The molecule has 0 saturated heterocycles. The Hall–Kier alpha value is -1.69. The summed E-state index contributed by atoms with van der Waals surface area (Å²) < 4.78 is 24.1. The monoisotopic (exact) mass is 272 g/mol. The zero-order chi connectivity index (χ0) is 14.4. The van der Waals surface area contributed by atoms with Crippen molar-refractivity contribution < 1.29 is 18.7 Å². The van der Waals surface area contributed by atoms with E-state index in [1.807, 2.05) is 19.1 Å². The Morgan fingerprint density at radius 1 is 1.37 bits per heavy atom. The molecule has 0 aliphatic carbocycles. The van der Waals surface area contributed by atoms with E-state index >= 15 is 0 Å². The van der Waals surface area contributed by atoms with Crippen molar-refractivity contribution in [3.05, 3.63) is 29.8 Å². The summed E-state index contributed by atoms with van der Waals surface area (Å²) in [6.07, 6.45) is -4.51. The lowest BCUT2D eigenvalue weighted by Crippen LogP contribution is -2.36. The lowest BCUT2D eigenvalue weighted by Gasteiger charge is -2.14. The number of hydrogen-bond donors (Lipinski definition) is 3. The molecule has 1 aromatic carbocycles. The maximum atomic E-state index is 12.0. The van der Waals surface area contributed by atoms with Crippen LogP contribution in [0.2, 0.25) is 0 Å². The molecule has 1 aromatic rings. The number of nitrogens with one attached hydrogen (secondary N) is 1. The molecule has 4 N–H and O–H groups in total. The van der Waals surface area contributed by atoms with Gasteiger partial charge in [0.1, 0.15) is 6.10 Å². The quantitative estimate of drug-likeness (QED) is 0.687. The molecule has 0 aromatic heterocycles. The standard InChI is InChI=1S/C13H18F2N2O2/c1-8(9-2-4-10(16)5-3-9)6-12(19)17-7-11(18)13(14)15/h2-5,8,11,13,18H,6-7,16H2,1H3,(H,17,19). The van der Waals surface area contributed by atoms with Crippen molar-refractivity contribution in [1.29, 1.82) is 0 Å². The minimum atomic E-state index is -2.85. The van der Waals surface area contributed by atoms with Crippen LogP contribution in [0.1, 0.15) is 24.8 Å². The number of amides is 1. The van der Waals surface area contributed by atoms with Gasteiger partial charge in [0.05, 0.1) is 0 Å². The number of carbonyl (C=O) groups is 1. The van der Waals surface area contributed by atoms with Gasteiger partial charge in [-0.15, -0.1) is 0 Å². The van der Waals surface area contributed by atoms with Gasteiger partial charge in [-0.05, 0) is 23.6 Å². The zero-order valence-electron chi connectivity index (χ0n) is 10.6. The summed E-state index contributed by atoms with van der Waals surface area (Å²) in [6.45, 7) is 1.42. The Morgan fingerprint density at radius 2 is 1.95 bits per heavy atom. The molecule has 0 aliphatic rings. The first-order valence-electron chi connectivity index (χ1n) is 5.98. The van der Waals surface area contributed by atoms with E-state index in [0.717, 1.165) is 5.56 Å². The predicted molar refractivity (Wildman–Crippen MR) is 68.9 cm³/mol. The average Bonchev–Trinajstić information content (AvgIpc) is 2.36. The lowest BCUT2D eigenvalue weighted by atomic mass is 9.97. The van der Waals surface area contributed by atoms with E-state index in [1.165, 1.54) is 0 Å². The van der Waals surface area contributed by atoms with Crippen LogP contribution in [-0.4, -0.2) is 30.1 Å². The summed E-state index contributed by atoms with van der Waals surface area (Å²) in [5.41, 5.74) is 7.14. The van der Waals surface area contributed by atoms with Crippen molar-refractivity contribution in [2.75, 3.05) is 12.3 Å². The summed E-state index contributed by atoms with van der Waals surface area (Å²) in [4.78, 5) is 11.5. The molecule has 19 heavy (non-hydrogen) atoms. The van der Waals surface area contributed by atoms with Gasteiger partial charge in [-0.3, -0.25) is 4.79 Å². The van der Waals surface area contributed by atoms with Gasteiger partial charge in [-0.1, -0.05) is 19.1 Å². The van der Waals surface area contributed by atoms with Gasteiger partial charge in [0, 0.05) is 18.7 Å². The topological polar surface area (TPSA) is 75.3 Å². The summed E-state index contributed by atoms with van der Waals surface area (Å²) in [6, 6.07) is 7.12. The fourth-order valence-electron chi connectivity index (χ4n) is 1.60. The number of aliphatic hydroxyl groups is 1. The fraction of sp³-hybridized carbons (Fsp3) is 0.462. The predicted octanol–water partition coefficient (Wildman–Crippen LogP) is 1.50. The number of nitrogens with two attached hydrogens (primary N) is 1. The zero-order valence-corrected chi connectivity index (χ0v) is 10.6. The van der Waals surface area contributed by atoms with Crippen LogP contribution < -0.4 is 11.1 Å². The molecule has 0 fully saturated rings. The average molecular weight is 272 g/mol. The molecular formula is C13H18F2N2O2. The molecule has 0 aliphatic heterocycles. The number of benzene rings is 1. The smallest absolute Gasteiger partial charge is 0.265 e. The highest BCUT2D eigenvalue weighted by atomic mass is 19.3. The van der Waals surface area contributed by atoms with Crippen molar-refractivity contribution in [1.82, 2.24) is 5.32 Å². The summed E-state index contributed by atoms with van der Waals surface area (Å²) in [5.74, 6) is -0.423. The highest BCUT2D eigenvalue weighted by molar-refractivity contribution is 5.76. The van der Waals surface area contributed by atoms with Crippen LogP contribution >= 0.6 is 0 Å². The second-order valence-corrected chi connectivity index (χ2v) is 4.48. The number of anilines is 1. The minimum Gasteiger partial charge on any atom is -0.399 e. The van der Waals surface area contributed by atoms with Crippen LogP contribution in [0, 0.1) is 0 Å². The first kappa shape index (κ1) is 15.4. The van der Waals surface area contributed by atoms with Gasteiger partial charge in [0.15, 0.2) is 0 Å². The van der Waals surface area contributed by atoms with Crippen LogP contribution in [0.4, 0.5) is 14.5 Å². The van der Waals surface area contributed by atoms with Crippen LogP contribution in [0.3, 0.4) is 0 Å². The molecule has 0 saturated carbocycles. The van der Waals surface area contributed by atoms with Crippen molar-refractivity contribution >= 4 is 11.6 Å². The van der Waals surface area contributed by atoms with Crippen molar-refractivity contribution in [3.8, 4) is 0 Å². The highest BCUT2D eigenvalue weighted by Gasteiger charge is 2.18. The SMILES string of the molecule is CC(CC(=O)NCC(O)C(F)F)c1ccc(N)cc1. The van der Waals surface area contributed by atoms with E-state index in [0.29, 0.717) is 5.69 Å². The molecule has 0 bridgehead atoms. The molecule has 1 rings (SSSR count). The Balaban J connectivity index is 2.42. The Morgan fingerprint density at radius 3 is 2.47 bits per heavy atom. The molecular weight excluding hydrogens is 254 g/mol. The van der Waals surface area contributed by atoms with Gasteiger partial charge in [-0.2, -0.15) is 0 Å². The van der Waals surface area contributed by atoms with Crippen LogP contribution in [0.5, 0.6) is 0 Å². The van der Waals surface area contributed by atoms with Gasteiger partial charge < -0.3 is 16.2 Å². The number of nitrogen functional groups attached to an aromatic ring is 1. The first-order chi connectivity index (χ1) is 8.90. The second kappa shape index (κ2) is 7.04. The molecule has 4 nitrogen and oxygen atoms in total. The van der Waals surface area contributed by atoms with Crippen LogP contribution in [0.25, 0.3) is 0 Å². The van der Waals surface area contributed by atoms with Gasteiger partial charge in [0.25, 0.3) is 6.43 Å². The number of hydrogen-bond acceptors (Lipinski definition) is 3. The lowest BCUT2D eigenvalue weighted by molar-refractivity contribution is -0.122. The molecule has 106 valence electrons. The second-order valence-electron chi connectivity index (χ2n) is 4.48. The molecule has 0 heterocycles. The molecule has 1 amide bonds. The molecule has 2 atom stereocenters. The maximum Gasteiger partial charge on any atom is 0.265 e. The van der Waals surface area contributed by atoms with Crippen molar-refractivity contribution in [2.24, 2.45) is 0 Å². The van der Waals surface area contributed by atoms with E-state index in [1.54, 1.807) is 12.1 Å². The third kappa shape index (κ3) is 5.21. The van der Waals surface area contributed by atoms with Gasteiger partial charge in [0.2, 0.25) is 5.91 Å². The summed E-state index contributed by atoms with van der Waals surface area (Å²) >= 11 is 0. The number of carbonyl (C=O) groups excluding carboxylic acids is 1. The van der Waals surface area contributed by atoms with E-state index in [9.17, 15) is 13.6 Å². The summed E-state index contributed by atoms with van der Waals surface area (Å²) in [5, 5.41) is 11.2. The number of aliphatic hydroxyl groups excluding tert-OH is 1. The Labute approximate surface area is 110 Å². The fourth-order valence-corrected chi connectivity index (χ4v) is 1.60. The number of halogens is 2.